The molecule has 0 amide bonds. The number of fused-ring (bicyclic) bond motifs is 3. The van der Waals surface area contributed by atoms with Crippen LogP contribution in [0.3, 0.4) is 0 Å². The van der Waals surface area contributed by atoms with Crippen molar-refractivity contribution in [3.63, 3.8) is 0 Å². The Morgan fingerprint density at radius 2 is 1.69 bits per heavy atom. The average molecular weight is 451 g/mol. The van der Waals surface area contributed by atoms with Crippen LogP contribution in [-0.2, 0) is 20.7 Å². The molecule has 1 fully saturated rings. The molecule has 5 rings (SSSR count). The van der Waals surface area contributed by atoms with Crippen LogP contribution in [0, 0.1) is 12.3 Å². The van der Waals surface area contributed by atoms with Crippen molar-refractivity contribution in [3.8, 4) is 0 Å². The predicted molar refractivity (Wildman–Crippen MR) is 125 cm³/mol. The van der Waals surface area contributed by atoms with Crippen LogP contribution in [0.5, 0.6) is 0 Å². The highest BCUT2D eigenvalue weighted by Crippen LogP contribution is 2.67. The van der Waals surface area contributed by atoms with Crippen molar-refractivity contribution in [3.05, 3.63) is 81.9 Å². The second-order valence-electron chi connectivity index (χ2n) is 9.34. The third-order valence-electron chi connectivity index (χ3n) is 6.16. The molecular formula is C25H26NO5P. The zero-order valence-electron chi connectivity index (χ0n) is 18.6. The number of para-hydroxylation sites is 1. The quantitative estimate of drug-likeness (QED) is 0.360. The molecule has 1 atom stereocenters. The summed E-state index contributed by atoms with van der Waals surface area (Å²) in [7, 11) is -1.78. The minimum Gasteiger partial charge on any atom is -0.429 e. The zero-order chi connectivity index (χ0) is 22.7. The normalized spacial score (nSPS) is 18.8. The third kappa shape index (κ3) is 3.34. The summed E-state index contributed by atoms with van der Waals surface area (Å²) in [6, 6.07) is 15.6. The lowest BCUT2D eigenvalue weighted by Gasteiger charge is -2.37. The Morgan fingerprint density at radius 3 is 2.38 bits per heavy atom. The molecule has 1 aliphatic heterocycles. The first-order valence-electron chi connectivity index (χ1n) is 10.6. The van der Waals surface area contributed by atoms with E-state index in [0.717, 1.165) is 27.4 Å². The molecule has 3 heterocycles. The first-order valence-corrected chi connectivity index (χ1v) is 12.3. The molecule has 6 nitrogen and oxygen atoms in total. The molecule has 0 saturated carbocycles. The summed E-state index contributed by atoms with van der Waals surface area (Å²) < 4.78 is 33.5. The smallest absolute Gasteiger partial charge is 0.360 e. The summed E-state index contributed by atoms with van der Waals surface area (Å²) in [5.74, 6) is 0. The minimum atomic E-state index is -3.62. The van der Waals surface area contributed by atoms with E-state index in [2.05, 4.69) is 0 Å². The van der Waals surface area contributed by atoms with E-state index < -0.39 is 18.9 Å². The highest BCUT2D eigenvalue weighted by Gasteiger charge is 2.45. The Hall–Kier alpha value is -2.66. The van der Waals surface area contributed by atoms with E-state index in [-0.39, 0.29) is 5.41 Å². The Bertz CT molecular complexity index is 1420. The van der Waals surface area contributed by atoms with Gasteiger partial charge >= 0.3 is 13.2 Å². The Morgan fingerprint density at radius 1 is 1.03 bits per heavy atom. The lowest BCUT2D eigenvalue weighted by atomic mass is 9.97. The molecule has 7 heteroatoms. The minimum absolute atomic E-state index is 0.232. The van der Waals surface area contributed by atoms with Crippen molar-refractivity contribution in [2.45, 2.75) is 26.4 Å². The molecular weight excluding hydrogens is 425 g/mol. The van der Waals surface area contributed by atoms with Crippen LogP contribution in [0.15, 0.2) is 64.0 Å². The predicted octanol–water partition coefficient (Wildman–Crippen LogP) is 5.95. The molecule has 2 aromatic carbocycles. The van der Waals surface area contributed by atoms with Gasteiger partial charge in [0.05, 0.1) is 13.2 Å². The van der Waals surface area contributed by atoms with Crippen molar-refractivity contribution in [1.29, 1.82) is 0 Å². The van der Waals surface area contributed by atoms with Crippen LogP contribution >= 0.6 is 7.60 Å². The van der Waals surface area contributed by atoms with Gasteiger partial charge in [0.2, 0.25) is 0 Å². The lowest BCUT2D eigenvalue weighted by Crippen LogP contribution is -2.31. The van der Waals surface area contributed by atoms with Crippen LogP contribution in [0.1, 0.15) is 36.2 Å². The molecule has 0 bridgehead atoms. The van der Waals surface area contributed by atoms with Crippen molar-refractivity contribution >= 4 is 29.4 Å². The first kappa shape index (κ1) is 21.2. The van der Waals surface area contributed by atoms with Gasteiger partial charge in [-0.15, -0.1) is 0 Å². The van der Waals surface area contributed by atoms with E-state index in [4.69, 9.17) is 13.5 Å². The summed E-state index contributed by atoms with van der Waals surface area (Å²) in [4.78, 5) is 12.7. The van der Waals surface area contributed by atoms with E-state index in [1.165, 1.54) is 6.26 Å². The SMILES string of the molecule is Cc1ccc(C(c2coc(=O)c3c2c2ccccc2n3C)P2(=O)OCC(C)(C)CO2)cc1. The van der Waals surface area contributed by atoms with Crippen LogP contribution < -0.4 is 5.63 Å². The molecule has 2 aromatic heterocycles. The molecule has 0 N–H and O–H groups in total. The van der Waals surface area contributed by atoms with Crippen molar-refractivity contribution < 1.29 is 18.0 Å². The molecule has 0 aliphatic carbocycles. The van der Waals surface area contributed by atoms with Crippen molar-refractivity contribution in [2.24, 2.45) is 12.5 Å². The number of aromatic nitrogens is 1. The molecule has 1 unspecified atom stereocenters. The van der Waals surface area contributed by atoms with Gasteiger partial charge in [-0.1, -0.05) is 61.9 Å². The van der Waals surface area contributed by atoms with Gasteiger partial charge in [-0.05, 0) is 18.6 Å². The standard InChI is InChI=1S/C25H26NO5P/c1-16-9-11-17(12-10-16)23(32(28)30-14-25(2,3)15-31-32)19-13-29-24(27)22-21(19)18-7-5-6-8-20(18)26(22)4/h5-13,23H,14-15H2,1-4H3. The highest BCUT2D eigenvalue weighted by molar-refractivity contribution is 7.54. The summed E-state index contributed by atoms with van der Waals surface area (Å²) in [6.07, 6.45) is 1.42. The first-order chi connectivity index (χ1) is 15.2. The van der Waals surface area contributed by atoms with Crippen molar-refractivity contribution in [2.75, 3.05) is 13.2 Å². The summed E-state index contributed by atoms with van der Waals surface area (Å²) in [5.41, 5.74) is 2.45. The molecule has 1 aliphatic rings. The molecule has 166 valence electrons. The van der Waals surface area contributed by atoms with E-state index >= 15 is 0 Å². The fourth-order valence-corrected chi connectivity index (χ4v) is 6.90. The summed E-state index contributed by atoms with van der Waals surface area (Å²) in [5, 5.41) is 1.62. The Kier molecular flexibility index (Phi) is 4.93. The average Bonchev–Trinajstić information content (AvgIpc) is 3.08. The van der Waals surface area contributed by atoms with Gasteiger partial charge in [-0.3, -0.25) is 4.57 Å². The molecule has 0 radical (unpaired) electrons. The van der Waals surface area contributed by atoms with E-state index in [1.807, 2.05) is 80.9 Å². The van der Waals surface area contributed by atoms with Crippen molar-refractivity contribution in [1.82, 2.24) is 4.57 Å². The van der Waals surface area contributed by atoms with Crippen LogP contribution in [0.4, 0.5) is 0 Å². The number of hydrogen-bond acceptors (Lipinski definition) is 5. The highest BCUT2D eigenvalue weighted by atomic mass is 31.2. The van der Waals surface area contributed by atoms with E-state index in [0.29, 0.717) is 24.3 Å². The molecule has 1 saturated heterocycles. The maximum absolute atomic E-state index is 14.2. The second-order valence-corrected chi connectivity index (χ2v) is 11.5. The topological polar surface area (TPSA) is 70.7 Å². The fourth-order valence-electron chi connectivity index (χ4n) is 4.40. The van der Waals surface area contributed by atoms with Gasteiger partial charge in [0.1, 0.15) is 17.4 Å². The fraction of sp³-hybridized carbons (Fsp3) is 0.320. The van der Waals surface area contributed by atoms with Gasteiger partial charge in [-0.25, -0.2) is 4.79 Å². The largest absolute Gasteiger partial charge is 0.429 e. The molecule has 4 aromatic rings. The zero-order valence-corrected chi connectivity index (χ0v) is 19.5. The second kappa shape index (κ2) is 7.45. The van der Waals surface area contributed by atoms with Gasteiger partial charge < -0.3 is 18.0 Å². The van der Waals surface area contributed by atoms with Gasteiger partial charge in [0.25, 0.3) is 0 Å². The lowest BCUT2D eigenvalue weighted by molar-refractivity contribution is 0.0391. The van der Waals surface area contributed by atoms with E-state index in [1.54, 1.807) is 0 Å². The maximum Gasteiger partial charge on any atom is 0.360 e. The number of aryl methyl sites for hydroxylation is 2. The van der Waals surface area contributed by atoms with Crippen LogP contribution in [-0.4, -0.2) is 17.8 Å². The van der Waals surface area contributed by atoms with Gasteiger partial charge in [0.15, 0.2) is 0 Å². The number of hydrogen-bond donors (Lipinski definition) is 0. The Balaban J connectivity index is 1.82. The Labute approximate surface area is 186 Å². The van der Waals surface area contributed by atoms with Crippen LogP contribution in [0.2, 0.25) is 0 Å². The third-order valence-corrected chi connectivity index (χ3v) is 8.34. The maximum atomic E-state index is 14.2. The number of nitrogens with zero attached hydrogens (tertiary/aromatic N) is 1. The monoisotopic (exact) mass is 451 g/mol. The summed E-state index contributed by atoms with van der Waals surface area (Å²) >= 11 is 0. The summed E-state index contributed by atoms with van der Waals surface area (Å²) in [6.45, 7) is 6.68. The molecule has 0 spiro atoms. The van der Waals surface area contributed by atoms with E-state index in [9.17, 15) is 9.36 Å². The van der Waals surface area contributed by atoms with Gasteiger partial charge in [-0.2, -0.15) is 0 Å². The van der Waals surface area contributed by atoms with Crippen LogP contribution in [0.25, 0.3) is 21.8 Å². The molecule has 32 heavy (non-hydrogen) atoms. The van der Waals surface area contributed by atoms with Gasteiger partial charge in [0, 0.05) is 34.3 Å². The number of benzene rings is 2. The number of rotatable bonds is 3.